The molecule has 1 aliphatic rings. The number of ether oxygens (including phenoxy) is 2. The molecule has 2 rings (SSSR count). The van der Waals surface area contributed by atoms with Crippen molar-refractivity contribution < 1.29 is 19.4 Å². The minimum atomic E-state index is -0.296. The number of amides is 1. The number of hydrogen-bond acceptors (Lipinski definition) is 4. The first kappa shape index (κ1) is 18.0. The molecule has 0 aromatic heterocycles. The highest BCUT2D eigenvalue weighted by Crippen LogP contribution is 2.34. The molecule has 5 nitrogen and oxygen atoms in total. The number of likely N-dealkylation sites (tertiary alicyclic amines) is 1. The molecule has 1 aliphatic heterocycles. The minimum Gasteiger partial charge on any atom is -0.496 e. The van der Waals surface area contributed by atoms with Gasteiger partial charge >= 0.3 is 0 Å². The standard InChI is InChI=1S/C17H24ClNO4/c1-22-9-7-17(12-20)6-3-8-19(11-17)16(21)14-10-13(18)4-5-15(14)23-2/h4-5,10,20H,3,6-9,11-12H2,1-2H3/t17-/m1/s1. The highest BCUT2D eigenvalue weighted by molar-refractivity contribution is 6.31. The summed E-state index contributed by atoms with van der Waals surface area (Å²) in [4.78, 5) is 14.7. The zero-order chi connectivity index (χ0) is 16.9. The number of methoxy groups -OCH3 is 2. The van der Waals surface area contributed by atoms with Crippen LogP contribution in [-0.4, -0.2) is 56.4 Å². The van der Waals surface area contributed by atoms with E-state index in [0.29, 0.717) is 36.0 Å². The van der Waals surface area contributed by atoms with E-state index < -0.39 is 0 Å². The van der Waals surface area contributed by atoms with Crippen LogP contribution in [-0.2, 0) is 4.74 Å². The molecule has 1 aromatic rings. The van der Waals surface area contributed by atoms with Gasteiger partial charge in [0.15, 0.2) is 0 Å². The SMILES string of the molecule is COCC[C@]1(CO)CCCN(C(=O)c2cc(Cl)ccc2OC)C1. The number of hydrogen-bond donors (Lipinski definition) is 1. The van der Waals surface area contributed by atoms with Gasteiger partial charge in [0.05, 0.1) is 19.3 Å². The molecule has 1 heterocycles. The van der Waals surface area contributed by atoms with Crippen molar-refractivity contribution in [3.8, 4) is 5.75 Å². The second kappa shape index (κ2) is 7.99. The Morgan fingerprint density at radius 3 is 2.87 bits per heavy atom. The fourth-order valence-electron chi connectivity index (χ4n) is 3.13. The van der Waals surface area contributed by atoms with Crippen molar-refractivity contribution in [2.75, 3.05) is 40.5 Å². The van der Waals surface area contributed by atoms with Crippen LogP contribution in [0.3, 0.4) is 0 Å². The number of carbonyl (C=O) groups excluding carboxylic acids is 1. The van der Waals surface area contributed by atoms with Crippen molar-refractivity contribution in [3.05, 3.63) is 28.8 Å². The van der Waals surface area contributed by atoms with E-state index in [1.165, 1.54) is 7.11 Å². The first-order valence-electron chi connectivity index (χ1n) is 7.78. The molecule has 1 saturated heterocycles. The van der Waals surface area contributed by atoms with Gasteiger partial charge in [0.1, 0.15) is 5.75 Å². The van der Waals surface area contributed by atoms with Gasteiger partial charge < -0.3 is 19.5 Å². The normalized spacial score (nSPS) is 21.3. The molecule has 1 atom stereocenters. The lowest BCUT2D eigenvalue weighted by Crippen LogP contribution is -2.48. The predicted molar refractivity (Wildman–Crippen MR) is 89.2 cm³/mol. The highest BCUT2D eigenvalue weighted by Gasteiger charge is 2.37. The Balaban J connectivity index is 2.20. The summed E-state index contributed by atoms with van der Waals surface area (Å²) in [6.45, 7) is 1.81. The smallest absolute Gasteiger partial charge is 0.257 e. The molecular weight excluding hydrogens is 318 g/mol. The zero-order valence-corrected chi connectivity index (χ0v) is 14.4. The van der Waals surface area contributed by atoms with Gasteiger partial charge in [-0.15, -0.1) is 0 Å². The second-order valence-electron chi connectivity index (χ2n) is 6.08. The van der Waals surface area contributed by atoms with Gasteiger partial charge in [-0.05, 0) is 37.5 Å². The second-order valence-corrected chi connectivity index (χ2v) is 6.51. The van der Waals surface area contributed by atoms with Crippen LogP contribution in [0.4, 0.5) is 0 Å². The topological polar surface area (TPSA) is 59.0 Å². The largest absolute Gasteiger partial charge is 0.496 e. The summed E-state index contributed by atoms with van der Waals surface area (Å²) in [7, 11) is 3.18. The fourth-order valence-corrected chi connectivity index (χ4v) is 3.30. The monoisotopic (exact) mass is 341 g/mol. The molecule has 1 fully saturated rings. The lowest BCUT2D eigenvalue weighted by atomic mass is 9.78. The zero-order valence-electron chi connectivity index (χ0n) is 13.7. The molecule has 1 aromatic carbocycles. The molecule has 23 heavy (non-hydrogen) atoms. The summed E-state index contributed by atoms with van der Waals surface area (Å²) in [6.07, 6.45) is 2.48. The van der Waals surface area contributed by atoms with Crippen molar-refractivity contribution in [2.24, 2.45) is 5.41 Å². The van der Waals surface area contributed by atoms with Gasteiger partial charge in [-0.2, -0.15) is 0 Å². The molecule has 0 saturated carbocycles. The van der Waals surface area contributed by atoms with Crippen LogP contribution in [0.5, 0.6) is 5.75 Å². The van der Waals surface area contributed by atoms with Crippen LogP contribution in [0, 0.1) is 5.41 Å². The summed E-state index contributed by atoms with van der Waals surface area (Å²) in [6, 6.07) is 5.03. The first-order valence-corrected chi connectivity index (χ1v) is 8.15. The highest BCUT2D eigenvalue weighted by atomic mass is 35.5. The average molecular weight is 342 g/mol. The van der Waals surface area contributed by atoms with Gasteiger partial charge in [-0.1, -0.05) is 11.6 Å². The first-order chi connectivity index (χ1) is 11.0. The molecule has 0 unspecified atom stereocenters. The average Bonchev–Trinajstić information content (AvgIpc) is 2.59. The maximum absolute atomic E-state index is 12.9. The van der Waals surface area contributed by atoms with Crippen molar-refractivity contribution in [1.29, 1.82) is 0 Å². The van der Waals surface area contributed by atoms with Gasteiger partial charge in [0.25, 0.3) is 5.91 Å². The Bertz CT molecular complexity index is 551. The van der Waals surface area contributed by atoms with Crippen molar-refractivity contribution in [3.63, 3.8) is 0 Å². The van der Waals surface area contributed by atoms with Crippen molar-refractivity contribution in [2.45, 2.75) is 19.3 Å². The maximum Gasteiger partial charge on any atom is 0.257 e. The van der Waals surface area contributed by atoms with E-state index in [1.54, 1.807) is 30.2 Å². The third-order valence-corrected chi connectivity index (χ3v) is 4.75. The van der Waals surface area contributed by atoms with Crippen LogP contribution in [0.15, 0.2) is 18.2 Å². The number of aliphatic hydroxyl groups excluding tert-OH is 1. The van der Waals surface area contributed by atoms with E-state index in [0.717, 1.165) is 19.3 Å². The van der Waals surface area contributed by atoms with Gasteiger partial charge in [0.2, 0.25) is 0 Å². The van der Waals surface area contributed by atoms with Crippen LogP contribution < -0.4 is 4.74 Å². The minimum absolute atomic E-state index is 0.0484. The van der Waals surface area contributed by atoms with Gasteiger partial charge in [0, 0.05) is 37.2 Å². The third-order valence-electron chi connectivity index (χ3n) is 4.51. The quantitative estimate of drug-likeness (QED) is 0.864. The summed E-state index contributed by atoms with van der Waals surface area (Å²) in [5, 5.41) is 10.3. The lowest BCUT2D eigenvalue weighted by Gasteiger charge is -2.42. The van der Waals surface area contributed by atoms with Crippen LogP contribution in [0.25, 0.3) is 0 Å². The van der Waals surface area contributed by atoms with E-state index >= 15 is 0 Å². The van der Waals surface area contributed by atoms with Gasteiger partial charge in [-0.3, -0.25) is 4.79 Å². The molecular formula is C17H24ClNO4. The van der Waals surface area contributed by atoms with E-state index in [-0.39, 0.29) is 17.9 Å². The Kier molecular flexibility index (Phi) is 6.27. The maximum atomic E-state index is 12.9. The molecule has 0 radical (unpaired) electrons. The number of aliphatic hydroxyl groups is 1. The summed E-state index contributed by atoms with van der Waals surface area (Å²) in [5.74, 6) is 0.399. The number of benzene rings is 1. The number of halogens is 1. The van der Waals surface area contributed by atoms with Crippen LogP contribution >= 0.6 is 11.6 Å². The Hall–Kier alpha value is -1.30. The number of carbonyl (C=O) groups is 1. The van der Waals surface area contributed by atoms with Crippen molar-refractivity contribution in [1.82, 2.24) is 4.90 Å². The fraction of sp³-hybridized carbons (Fsp3) is 0.588. The number of rotatable bonds is 6. The van der Waals surface area contributed by atoms with Crippen molar-refractivity contribution >= 4 is 17.5 Å². The van der Waals surface area contributed by atoms with Gasteiger partial charge in [-0.25, -0.2) is 0 Å². The van der Waals surface area contributed by atoms with Crippen LogP contribution in [0.2, 0.25) is 5.02 Å². The Labute approximate surface area is 142 Å². The van der Waals surface area contributed by atoms with E-state index in [4.69, 9.17) is 21.1 Å². The molecule has 0 spiro atoms. The Morgan fingerprint density at radius 2 is 2.22 bits per heavy atom. The van der Waals surface area contributed by atoms with E-state index in [9.17, 15) is 9.90 Å². The Morgan fingerprint density at radius 1 is 1.43 bits per heavy atom. The molecule has 6 heteroatoms. The summed E-state index contributed by atoms with van der Waals surface area (Å²) in [5.41, 5.74) is 0.163. The number of nitrogens with zero attached hydrogens (tertiary/aromatic N) is 1. The lowest BCUT2D eigenvalue weighted by molar-refractivity contribution is 0.00886. The molecule has 0 aliphatic carbocycles. The molecule has 0 bridgehead atoms. The summed E-state index contributed by atoms with van der Waals surface area (Å²) >= 11 is 6.03. The predicted octanol–water partition coefficient (Wildman–Crippen LogP) is 2.60. The van der Waals surface area contributed by atoms with Crippen LogP contribution in [0.1, 0.15) is 29.6 Å². The molecule has 1 N–H and O–H groups in total. The van der Waals surface area contributed by atoms with E-state index in [1.807, 2.05) is 0 Å². The van der Waals surface area contributed by atoms with E-state index in [2.05, 4.69) is 0 Å². The molecule has 1 amide bonds. The molecule has 128 valence electrons. The summed E-state index contributed by atoms with van der Waals surface area (Å²) < 4.78 is 10.4. The third kappa shape index (κ3) is 4.16. The number of piperidine rings is 1.